The molecule has 0 atom stereocenters. The van der Waals surface area contributed by atoms with Gasteiger partial charge in [-0.15, -0.1) is 0 Å². The van der Waals surface area contributed by atoms with Crippen LogP contribution in [-0.2, 0) is 0 Å². The van der Waals surface area contributed by atoms with E-state index in [2.05, 4.69) is 12.1 Å². The van der Waals surface area contributed by atoms with E-state index in [1.54, 1.807) is 0 Å². The minimum Gasteiger partial charge on any atom is -0.289 e. The summed E-state index contributed by atoms with van der Waals surface area (Å²) in [5.74, 6) is 0.124. The molecule has 0 heterocycles. The second-order valence-corrected chi connectivity index (χ2v) is 5.39. The van der Waals surface area contributed by atoms with E-state index in [0.29, 0.717) is 0 Å². The fraction of sp³-hybridized carbons (Fsp3) is 0. The van der Waals surface area contributed by atoms with Gasteiger partial charge < -0.3 is 0 Å². The number of carbonyl (C=O) groups is 1. The molecule has 1 heteroatoms. The average molecular weight is 282 g/mol. The first-order valence-corrected chi connectivity index (χ1v) is 7.35. The first-order chi connectivity index (χ1) is 10.8. The van der Waals surface area contributed by atoms with Crippen molar-refractivity contribution in [1.29, 1.82) is 0 Å². The van der Waals surface area contributed by atoms with Crippen LogP contribution in [0.15, 0.2) is 72.8 Å². The Morgan fingerprint density at radius 2 is 1.27 bits per heavy atom. The van der Waals surface area contributed by atoms with Gasteiger partial charge in [0.05, 0.1) is 0 Å². The van der Waals surface area contributed by atoms with Crippen LogP contribution >= 0.6 is 0 Å². The summed E-state index contributed by atoms with van der Waals surface area (Å²) in [4.78, 5) is 12.7. The fourth-order valence-corrected chi connectivity index (χ4v) is 2.99. The lowest BCUT2D eigenvalue weighted by atomic mass is 10.00. The van der Waals surface area contributed by atoms with Crippen molar-refractivity contribution in [3.05, 3.63) is 95.1 Å². The Bertz CT molecular complexity index is 889. The lowest BCUT2D eigenvalue weighted by Gasteiger charge is -2.03. The van der Waals surface area contributed by atoms with Crippen molar-refractivity contribution in [3.8, 4) is 11.1 Å². The predicted molar refractivity (Wildman–Crippen MR) is 90.7 cm³/mol. The summed E-state index contributed by atoms with van der Waals surface area (Å²) in [6, 6.07) is 24.0. The van der Waals surface area contributed by atoms with Crippen LogP contribution in [-0.4, -0.2) is 5.78 Å². The Hall–Kier alpha value is -2.93. The van der Waals surface area contributed by atoms with Gasteiger partial charge in [0.2, 0.25) is 0 Å². The van der Waals surface area contributed by atoms with E-state index >= 15 is 0 Å². The molecule has 104 valence electrons. The van der Waals surface area contributed by atoms with Gasteiger partial charge in [-0.1, -0.05) is 84.9 Å². The molecule has 1 aliphatic rings. The van der Waals surface area contributed by atoms with E-state index in [4.69, 9.17) is 0 Å². The largest absolute Gasteiger partial charge is 0.289 e. The van der Waals surface area contributed by atoms with Crippen LogP contribution in [0.1, 0.15) is 27.0 Å². The number of ketones is 1. The summed E-state index contributed by atoms with van der Waals surface area (Å²) in [7, 11) is 0. The highest BCUT2D eigenvalue weighted by Gasteiger charge is 2.27. The van der Waals surface area contributed by atoms with Crippen LogP contribution in [0.2, 0.25) is 0 Å². The maximum absolute atomic E-state index is 12.7. The van der Waals surface area contributed by atoms with Gasteiger partial charge in [0, 0.05) is 11.1 Å². The number of hydrogen-bond donors (Lipinski definition) is 0. The zero-order chi connectivity index (χ0) is 14.9. The quantitative estimate of drug-likeness (QED) is 0.469. The first kappa shape index (κ1) is 12.8. The third kappa shape index (κ3) is 1.99. The van der Waals surface area contributed by atoms with E-state index in [-0.39, 0.29) is 5.78 Å². The highest BCUT2D eigenvalue weighted by atomic mass is 16.1. The molecular formula is C21H14O. The van der Waals surface area contributed by atoms with E-state index < -0.39 is 0 Å². The summed E-state index contributed by atoms with van der Waals surface area (Å²) in [5.41, 5.74) is 5.80. The molecule has 0 fully saturated rings. The molecule has 22 heavy (non-hydrogen) atoms. The Balaban J connectivity index is 1.82. The third-order valence-corrected chi connectivity index (χ3v) is 4.04. The summed E-state index contributed by atoms with van der Waals surface area (Å²) in [6.07, 6.45) is 4.07. The highest BCUT2D eigenvalue weighted by Crippen LogP contribution is 2.38. The zero-order valence-electron chi connectivity index (χ0n) is 12.0. The smallest absolute Gasteiger partial charge is 0.194 e. The Kier molecular flexibility index (Phi) is 2.97. The average Bonchev–Trinajstić information content (AvgIpc) is 2.88. The molecule has 0 radical (unpaired) electrons. The molecule has 0 saturated carbocycles. The van der Waals surface area contributed by atoms with Crippen molar-refractivity contribution in [2.75, 3.05) is 0 Å². The van der Waals surface area contributed by atoms with Gasteiger partial charge in [0.1, 0.15) is 0 Å². The maximum atomic E-state index is 12.7. The van der Waals surface area contributed by atoms with Crippen LogP contribution in [0.5, 0.6) is 0 Å². The van der Waals surface area contributed by atoms with Crippen molar-refractivity contribution >= 4 is 17.9 Å². The molecule has 0 spiro atoms. The Morgan fingerprint density at radius 3 is 2.09 bits per heavy atom. The highest BCUT2D eigenvalue weighted by molar-refractivity contribution is 6.23. The van der Waals surface area contributed by atoms with Gasteiger partial charge in [-0.3, -0.25) is 4.79 Å². The summed E-state index contributed by atoms with van der Waals surface area (Å²) < 4.78 is 0. The van der Waals surface area contributed by atoms with Gasteiger partial charge in [-0.05, 0) is 22.3 Å². The van der Waals surface area contributed by atoms with Crippen LogP contribution in [0.3, 0.4) is 0 Å². The molecule has 1 nitrogen and oxygen atoms in total. The van der Waals surface area contributed by atoms with Crippen molar-refractivity contribution in [1.82, 2.24) is 0 Å². The van der Waals surface area contributed by atoms with E-state index in [1.165, 1.54) is 0 Å². The lowest BCUT2D eigenvalue weighted by Crippen LogP contribution is -1.97. The van der Waals surface area contributed by atoms with Crippen molar-refractivity contribution < 1.29 is 4.79 Å². The van der Waals surface area contributed by atoms with Gasteiger partial charge in [0.15, 0.2) is 5.78 Å². The van der Waals surface area contributed by atoms with Crippen LogP contribution in [0.25, 0.3) is 23.3 Å². The van der Waals surface area contributed by atoms with Crippen LogP contribution in [0.4, 0.5) is 0 Å². The topological polar surface area (TPSA) is 17.1 Å². The lowest BCUT2D eigenvalue weighted by molar-refractivity contribution is 0.104. The number of rotatable bonds is 2. The van der Waals surface area contributed by atoms with Gasteiger partial charge in [0.25, 0.3) is 0 Å². The van der Waals surface area contributed by atoms with Crippen molar-refractivity contribution in [3.63, 3.8) is 0 Å². The van der Waals surface area contributed by atoms with Crippen molar-refractivity contribution in [2.45, 2.75) is 0 Å². The molecular weight excluding hydrogens is 268 g/mol. The summed E-state index contributed by atoms with van der Waals surface area (Å²) in [5, 5.41) is 0. The molecule has 0 aliphatic heterocycles. The number of fused-ring (bicyclic) bond motifs is 3. The minimum absolute atomic E-state index is 0.124. The molecule has 3 aromatic rings. The molecule has 3 aromatic carbocycles. The zero-order valence-corrected chi connectivity index (χ0v) is 12.0. The fourth-order valence-electron chi connectivity index (χ4n) is 2.99. The SMILES string of the molecule is O=C1c2ccccc2-c2cccc(/C=C\c3ccccc3)c21. The first-order valence-electron chi connectivity index (χ1n) is 7.35. The number of carbonyl (C=O) groups excluding carboxylic acids is 1. The molecule has 0 aromatic heterocycles. The van der Waals surface area contributed by atoms with E-state index in [1.807, 2.05) is 72.8 Å². The third-order valence-electron chi connectivity index (χ3n) is 4.04. The van der Waals surface area contributed by atoms with Gasteiger partial charge in [-0.25, -0.2) is 0 Å². The van der Waals surface area contributed by atoms with Crippen LogP contribution in [0, 0.1) is 0 Å². The Labute approximate surface area is 129 Å². The summed E-state index contributed by atoms with van der Waals surface area (Å²) in [6.45, 7) is 0. The van der Waals surface area contributed by atoms with E-state index in [9.17, 15) is 4.79 Å². The Morgan fingerprint density at radius 1 is 0.591 bits per heavy atom. The predicted octanol–water partition coefficient (Wildman–Crippen LogP) is 5.07. The molecule has 1 aliphatic carbocycles. The second kappa shape index (κ2) is 5.12. The standard InChI is InChI=1S/C21H14O/c22-21-19-11-5-4-10-17(19)18-12-6-9-16(20(18)21)14-13-15-7-2-1-3-8-15/h1-14H/b14-13-. The van der Waals surface area contributed by atoms with Crippen molar-refractivity contribution in [2.24, 2.45) is 0 Å². The normalized spacial score (nSPS) is 12.5. The summed E-state index contributed by atoms with van der Waals surface area (Å²) >= 11 is 0. The maximum Gasteiger partial charge on any atom is 0.194 e. The minimum atomic E-state index is 0.124. The monoisotopic (exact) mass is 282 g/mol. The molecule has 0 N–H and O–H groups in total. The van der Waals surface area contributed by atoms with Gasteiger partial charge >= 0.3 is 0 Å². The molecule has 4 rings (SSSR count). The molecule has 0 amide bonds. The second-order valence-electron chi connectivity index (χ2n) is 5.39. The van der Waals surface area contributed by atoms with Gasteiger partial charge in [-0.2, -0.15) is 0 Å². The molecule has 0 bridgehead atoms. The van der Waals surface area contributed by atoms with E-state index in [0.717, 1.165) is 33.4 Å². The molecule has 0 saturated heterocycles. The number of hydrogen-bond acceptors (Lipinski definition) is 1. The molecule has 0 unspecified atom stereocenters. The number of benzene rings is 3. The van der Waals surface area contributed by atoms with Crippen LogP contribution < -0.4 is 0 Å².